The molecule has 1 saturated heterocycles. The van der Waals surface area contributed by atoms with E-state index in [9.17, 15) is 18.0 Å². The van der Waals surface area contributed by atoms with Crippen molar-refractivity contribution in [3.05, 3.63) is 66.0 Å². The van der Waals surface area contributed by atoms with Gasteiger partial charge in [-0.05, 0) is 56.6 Å². The van der Waals surface area contributed by atoms with Crippen LogP contribution in [0.1, 0.15) is 29.8 Å². The molecule has 1 amide bonds. The molecule has 0 saturated carbocycles. The molecular formula is C22H21ClF3N5O2. The first-order chi connectivity index (χ1) is 15.5. The van der Waals surface area contributed by atoms with Gasteiger partial charge in [-0.25, -0.2) is 23.1 Å². The molecule has 1 unspecified atom stereocenters. The Labute approximate surface area is 194 Å². The van der Waals surface area contributed by atoms with Crippen molar-refractivity contribution in [1.82, 2.24) is 20.3 Å². The number of carbonyl (C=O) groups is 1. The van der Waals surface area contributed by atoms with E-state index in [2.05, 4.69) is 25.6 Å². The Kier molecular flexibility index (Phi) is 8.18. The van der Waals surface area contributed by atoms with Crippen LogP contribution < -0.4 is 15.4 Å². The van der Waals surface area contributed by atoms with E-state index in [1.165, 1.54) is 12.5 Å². The first-order valence-corrected chi connectivity index (χ1v) is 10.1. The zero-order valence-corrected chi connectivity index (χ0v) is 18.2. The number of hydrogen-bond donors (Lipinski definition) is 2. The summed E-state index contributed by atoms with van der Waals surface area (Å²) in [5.41, 5.74) is -1.27. The van der Waals surface area contributed by atoms with Gasteiger partial charge in [0, 0.05) is 0 Å². The number of ether oxygens (including phenoxy) is 1. The van der Waals surface area contributed by atoms with Crippen LogP contribution in [-0.4, -0.2) is 40.1 Å². The zero-order valence-electron chi connectivity index (χ0n) is 17.4. The quantitative estimate of drug-likeness (QED) is 0.571. The number of pyridine rings is 1. The number of nitrogens with one attached hydrogen (secondary N) is 2. The van der Waals surface area contributed by atoms with E-state index < -0.39 is 34.6 Å². The topological polar surface area (TPSA) is 89.0 Å². The summed E-state index contributed by atoms with van der Waals surface area (Å²) >= 11 is 0. The van der Waals surface area contributed by atoms with Crippen LogP contribution in [0.25, 0.3) is 11.3 Å². The molecule has 3 heterocycles. The standard InChI is InChI=1S/C22H20F3N5O2.ClH/c23-14-4-1-5-15(24)19(14)20-16(25)6-7-17(29-20)21(31)30-18-11-27-12-28-22(18)32-13-3-2-9-26-10-8-13;/h1,4-7,11-13,26H,2-3,8-10H2,(H,30,31);1H. The molecule has 2 N–H and O–H groups in total. The molecule has 1 aliphatic rings. The monoisotopic (exact) mass is 479 g/mol. The first kappa shape index (κ1) is 24.4. The molecule has 0 spiro atoms. The van der Waals surface area contributed by atoms with Crippen molar-refractivity contribution in [1.29, 1.82) is 0 Å². The molecule has 0 aliphatic carbocycles. The number of nitrogens with zero attached hydrogens (tertiary/aromatic N) is 3. The Morgan fingerprint density at radius 3 is 2.64 bits per heavy atom. The minimum atomic E-state index is -0.987. The Balaban J connectivity index is 0.00000306. The summed E-state index contributed by atoms with van der Waals surface area (Å²) in [6.45, 7) is 1.72. The molecule has 7 nitrogen and oxygen atoms in total. The Hall–Kier alpha value is -3.24. The number of aromatic nitrogens is 3. The summed E-state index contributed by atoms with van der Waals surface area (Å²) in [5.74, 6) is -3.47. The van der Waals surface area contributed by atoms with Crippen LogP contribution in [0.4, 0.5) is 18.9 Å². The molecule has 0 radical (unpaired) electrons. The fourth-order valence-corrected chi connectivity index (χ4v) is 3.42. The van der Waals surface area contributed by atoms with Crippen LogP contribution in [0, 0.1) is 17.5 Å². The molecule has 4 rings (SSSR count). The predicted octanol–water partition coefficient (Wildman–Crippen LogP) is 4.15. The van der Waals surface area contributed by atoms with Gasteiger partial charge in [0.15, 0.2) is 0 Å². The normalized spacial score (nSPS) is 15.8. The molecule has 1 aliphatic heterocycles. The smallest absolute Gasteiger partial charge is 0.274 e. The molecular weight excluding hydrogens is 459 g/mol. The minimum Gasteiger partial charge on any atom is -0.473 e. The summed E-state index contributed by atoms with van der Waals surface area (Å²) in [7, 11) is 0. The van der Waals surface area contributed by atoms with E-state index in [1.807, 2.05) is 0 Å². The van der Waals surface area contributed by atoms with Crippen molar-refractivity contribution < 1.29 is 22.7 Å². The van der Waals surface area contributed by atoms with Gasteiger partial charge in [0.1, 0.15) is 47.0 Å². The molecule has 1 atom stereocenters. The van der Waals surface area contributed by atoms with E-state index >= 15 is 0 Å². The van der Waals surface area contributed by atoms with Crippen LogP contribution in [0.15, 0.2) is 42.9 Å². The fourth-order valence-electron chi connectivity index (χ4n) is 3.42. The van der Waals surface area contributed by atoms with E-state index in [4.69, 9.17) is 4.74 Å². The lowest BCUT2D eigenvalue weighted by Crippen LogP contribution is -2.21. The molecule has 2 aromatic heterocycles. The highest BCUT2D eigenvalue weighted by atomic mass is 35.5. The third-order valence-corrected chi connectivity index (χ3v) is 5.00. The van der Waals surface area contributed by atoms with E-state index in [0.717, 1.165) is 62.7 Å². The van der Waals surface area contributed by atoms with E-state index in [-0.39, 0.29) is 35.8 Å². The van der Waals surface area contributed by atoms with Gasteiger partial charge >= 0.3 is 0 Å². The number of amides is 1. The van der Waals surface area contributed by atoms with E-state index in [0.29, 0.717) is 0 Å². The highest BCUT2D eigenvalue weighted by molar-refractivity contribution is 6.03. The van der Waals surface area contributed by atoms with Crippen LogP contribution in [0.2, 0.25) is 0 Å². The average Bonchev–Trinajstić information content (AvgIpc) is 3.05. The van der Waals surface area contributed by atoms with Gasteiger partial charge in [0.25, 0.3) is 5.91 Å². The maximum absolute atomic E-state index is 14.3. The predicted molar refractivity (Wildman–Crippen MR) is 118 cm³/mol. The minimum absolute atomic E-state index is 0. The van der Waals surface area contributed by atoms with Crippen molar-refractivity contribution >= 4 is 24.0 Å². The number of benzene rings is 1. The zero-order chi connectivity index (χ0) is 22.5. The van der Waals surface area contributed by atoms with Crippen LogP contribution in [-0.2, 0) is 0 Å². The van der Waals surface area contributed by atoms with Gasteiger partial charge in [-0.2, -0.15) is 4.98 Å². The number of rotatable bonds is 5. The summed E-state index contributed by atoms with van der Waals surface area (Å²) in [5, 5.41) is 5.87. The van der Waals surface area contributed by atoms with Gasteiger partial charge in [-0.1, -0.05) is 6.07 Å². The second kappa shape index (κ2) is 11.1. The average molecular weight is 480 g/mol. The van der Waals surface area contributed by atoms with Crippen LogP contribution in [0.5, 0.6) is 5.88 Å². The van der Waals surface area contributed by atoms with Crippen molar-refractivity contribution in [2.24, 2.45) is 0 Å². The van der Waals surface area contributed by atoms with Gasteiger partial charge < -0.3 is 15.4 Å². The largest absolute Gasteiger partial charge is 0.473 e. The van der Waals surface area contributed by atoms with Gasteiger partial charge in [0.05, 0.1) is 11.8 Å². The van der Waals surface area contributed by atoms with Gasteiger partial charge in [-0.15, -0.1) is 12.4 Å². The SMILES string of the molecule is Cl.O=C(Nc1cncnc1OC1CCCNCC1)c1ccc(F)c(-c2c(F)cccc2F)n1. The molecule has 11 heteroatoms. The Bertz CT molecular complexity index is 1110. The maximum Gasteiger partial charge on any atom is 0.274 e. The third-order valence-electron chi connectivity index (χ3n) is 5.00. The van der Waals surface area contributed by atoms with E-state index in [1.54, 1.807) is 0 Å². The van der Waals surface area contributed by atoms with Crippen molar-refractivity contribution in [3.63, 3.8) is 0 Å². The van der Waals surface area contributed by atoms with Crippen molar-refractivity contribution in [3.8, 4) is 17.1 Å². The van der Waals surface area contributed by atoms with Crippen molar-refractivity contribution in [2.75, 3.05) is 18.4 Å². The Morgan fingerprint density at radius 2 is 1.85 bits per heavy atom. The number of carbonyl (C=O) groups excluding carboxylic acids is 1. The van der Waals surface area contributed by atoms with Crippen LogP contribution >= 0.6 is 12.4 Å². The lowest BCUT2D eigenvalue weighted by molar-refractivity contribution is 0.102. The van der Waals surface area contributed by atoms with Crippen LogP contribution in [0.3, 0.4) is 0 Å². The molecule has 1 fully saturated rings. The summed E-state index contributed by atoms with van der Waals surface area (Å²) in [4.78, 5) is 24.6. The highest BCUT2D eigenvalue weighted by Gasteiger charge is 2.21. The second-order valence-electron chi connectivity index (χ2n) is 7.24. The molecule has 0 bridgehead atoms. The molecule has 174 valence electrons. The summed E-state index contributed by atoms with van der Waals surface area (Å²) in [6, 6.07) is 5.18. The van der Waals surface area contributed by atoms with Gasteiger partial charge in [0.2, 0.25) is 5.88 Å². The second-order valence-corrected chi connectivity index (χ2v) is 7.24. The van der Waals surface area contributed by atoms with Gasteiger partial charge in [-0.3, -0.25) is 4.79 Å². The molecule has 33 heavy (non-hydrogen) atoms. The molecule has 1 aromatic carbocycles. The number of halogens is 4. The fraction of sp³-hybridized carbons (Fsp3) is 0.273. The molecule has 3 aromatic rings. The third kappa shape index (κ3) is 5.77. The highest BCUT2D eigenvalue weighted by Crippen LogP contribution is 2.28. The van der Waals surface area contributed by atoms with Crippen molar-refractivity contribution in [2.45, 2.75) is 25.4 Å². The summed E-state index contributed by atoms with van der Waals surface area (Å²) in [6.07, 6.45) is 5.17. The lowest BCUT2D eigenvalue weighted by Gasteiger charge is -2.18. The first-order valence-electron chi connectivity index (χ1n) is 10.1. The number of hydrogen-bond acceptors (Lipinski definition) is 6. The number of anilines is 1. The maximum atomic E-state index is 14.3. The Morgan fingerprint density at radius 1 is 1.06 bits per heavy atom. The lowest BCUT2D eigenvalue weighted by atomic mass is 10.1. The summed E-state index contributed by atoms with van der Waals surface area (Å²) < 4.78 is 48.5.